The Hall–Kier alpha value is -1.57. The van der Waals surface area contributed by atoms with Crippen molar-refractivity contribution in [2.45, 2.75) is 31.9 Å². The molecule has 4 rings (SSSR count). The van der Waals surface area contributed by atoms with Crippen molar-refractivity contribution in [3.05, 3.63) is 34.7 Å². The zero-order valence-electron chi connectivity index (χ0n) is 14.0. The van der Waals surface area contributed by atoms with Gasteiger partial charge in [0.25, 0.3) is 0 Å². The van der Waals surface area contributed by atoms with E-state index in [9.17, 15) is 0 Å². The van der Waals surface area contributed by atoms with Crippen LogP contribution in [-0.2, 0) is 11.3 Å². The van der Waals surface area contributed by atoms with Crippen LogP contribution in [0.1, 0.15) is 23.5 Å². The quantitative estimate of drug-likeness (QED) is 0.849. The van der Waals surface area contributed by atoms with Crippen LogP contribution in [0.25, 0.3) is 0 Å². The molecule has 0 radical (unpaired) electrons. The van der Waals surface area contributed by atoms with Gasteiger partial charge >= 0.3 is 0 Å². The number of rotatable bonds is 3. The third-order valence-corrected chi connectivity index (χ3v) is 5.62. The van der Waals surface area contributed by atoms with Gasteiger partial charge in [0.05, 0.1) is 29.1 Å². The molecule has 2 aliphatic heterocycles. The first-order valence-corrected chi connectivity index (χ1v) is 9.39. The van der Waals surface area contributed by atoms with Gasteiger partial charge < -0.3 is 9.64 Å². The summed E-state index contributed by atoms with van der Waals surface area (Å²) >= 11 is 1.73. The van der Waals surface area contributed by atoms with Crippen LogP contribution < -0.4 is 4.90 Å². The predicted molar refractivity (Wildman–Crippen MR) is 94.3 cm³/mol. The van der Waals surface area contributed by atoms with Gasteiger partial charge in [0.15, 0.2) is 0 Å². The largest absolute Gasteiger partial charge is 0.370 e. The summed E-state index contributed by atoms with van der Waals surface area (Å²) in [6, 6.07) is 0. The fraction of sp³-hybridized carbons (Fsp3) is 0.588. The maximum atomic E-state index is 6.28. The van der Waals surface area contributed by atoms with Crippen LogP contribution in [-0.4, -0.2) is 58.2 Å². The fourth-order valence-electron chi connectivity index (χ4n) is 3.76. The Balaban J connectivity index is 1.45. The average molecular weight is 345 g/mol. The number of hydrogen-bond acceptors (Lipinski definition) is 7. The molecule has 2 aromatic heterocycles. The van der Waals surface area contributed by atoms with E-state index in [-0.39, 0.29) is 5.60 Å². The van der Waals surface area contributed by atoms with Gasteiger partial charge in [0.1, 0.15) is 5.82 Å². The van der Waals surface area contributed by atoms with Crippen LogP contribution in [0.4, 0.5) is 5.82 Å². The molecule has 0 unspecified atom stereocenters. The van der Waals surface area contributed by atoms with Crippen molar-refractivity contribution in [1.29, 1.82) is 0 Å². The second-order valence-electron chi connectivity index (χ2n) is 6.69. The summed E-state index contributed by atoms with van der Waals surface area (Å²) in [5, 5.41) is 3.31. The highest BCUT2D eigenvalue weighted by Crippen LogP contribution is 2.31. The highest BCUT2D eigenvalue weighted by molar-refractivity contribution is 7.09. The number of hydrogen-bond donors (Lipinski definition) is 0. The Labute approximate surface area is 146 Å². The number of anilines is 1. The van der Waals surface area contributed by atoms with E-state index >= 15 is 0 Å². The lowest BCUT2D eigenvalue weighted by atomic mass is 9.90. The van der Waals surface area contributed by atoms with Crippen LogP contribution in [0.15, 0.2) is 24.0 Å². The molecule has 0 bridgehead atoms. The van der Waals surface area contributed by atoms with E-state index in [1.807, 2.05) is 6.20 Å². The zero-order valence-corrected chi connectivity index (χ0v) is 14.8. The first-order valence-electron chi connectivity index (χ1n) is 8.51. The molecule has 2 aliphatic rings. The van der Waals surface area contributed by atoms with Crippen LogP contribution in [0.3, 0.4) is 0 Å². The van der Waals surface area contributed by atoms with Crippen molar-refractivity contribution in [2.24, 2.45) is 0 Å². The normalized spacial score (nSPS) is 25.3. The monoisotopic (exact) mass is 345 g/mol. The summed E-state index contributed by atoms with van der Waals surface area (Å²) in [5.74, 6) is 0.951. The van der Waals surface area contributed by atoms with Crippen molar-refractivity contribution >= 4 is 17.2 Å². The summed E-state index contributed by atoms with van der Waals surface area (Å²) in [5.41, 5.74) is 1.08. The highest BCUT2D eigenvalue weighted by atomic mass is 32.1. The van der Waals surface area contributed by atoms with Gasteiger partial charge in [-0.2, -0.15) is 0 Å². The number of aryl methyl sites for hydroxylation is 1. The fourth-order valence-corrected chi connectivity index (χ4v) is 4.37. The maximum absolute atomic E-state index is 6.28. The molecular formula is C17H23N5OS. The molecule has 0 aliphatic carbocycles. The second-order valence-corrected chi connectivity index (χ2v) is 7.75. The molecule has 128 valence electrons. The molecule has 6 nitrogen and oxygen atoms in total. The molecule has 0 N–H and O–H groups in total. The van der Waals surface area contributed by atoms with Crippen LogP contribution >= 0.6 is 11.3 Å². The van der Waals surface area contributed by atoms with Gasteiger partial charge in [-0.1, -0.05) is 0 Å². The standard InChI is InChI=1S/C17H23N5OS/c1-14-20-15(11-24-14)10-21-7-8-23-17(12-21)3-2-6-22(13-17)16-9-18-4-5-19-16/h4-5,9,11H,2-3,6-8,10,12-13H2,1H3/t17-/m0/s1. The van der Waals surface area contributed by atoms with Gasteiger partial charge in [-0.3, -0.25) is 9.88 Å². The molecule has 2 saturated heterocycles. The zero-order chi connectivity index (χ0) is 16.4. The van der Waals surface area contributed by atoms with Gasteiger partial charge in [-0.05, 0) is 19.8 Å². The summed E-state index contributed by atoms with van der Waals surface area (Å²) < 4.78 is 6.28. The first kappa shape index (κ1) is 15.9. The molecule has 0 amide bonds. The van der Waals surface area contributed by atoms with Crippen LogP contribution in [0, 0.1) is 6.92 Å². The average Bonchev–Trinajstić information content (AvgIpc) is 3.01. The number of morpholine rings is 1. The molecule has 0 saturated carbocycles. The lowest BCUT2D eigenvalue weighted by molar-refractivity contribution is -0.116. The van der Waals surface area contributed by atoms with Crippen molar-refractivity contribution in [3.63, 3.8) is 0 Å². The van der Waals surface area contributed by atoms with Gasteiger partial charge in [0.2, 0.25) is 0 Å². The second kappa shape index (κ2) is 6.74. The Morgan fingerprint density at radius 2 is 2.25 bits per heavy atom. The van der Waals surface area contributed by atoms with E-state index in [4.69, 9.17) is 4.74 Å². The topological polar surface area (TPSA) is 54.4 Å². The third kappa shape index (κ3) is 3.43. The van der Waals surface area contributed by atoms with E-state index in [2.05, 4.69) is 37.1 Å². The van der Waals surface area contributed by atoms with Crippen molar-refractivity contribution < 1.29 is 4.74 Å². The van der Waals surface area contributed by atoms with E-state index < -0.39 is 0 Å². The molecule has 1 atom stereocenters. The Bertz CT molecular complexity index is 675. The molecule has 0 aromatic carbocycles. The van der Waals surface area contributed by atoms with Gasteiger partial charge in [-0.15, -0.1) is 11.3 Å². The minimum Gasteiger partial charge on any atom is -0.370 e. The summed E-state index contributed by atoms with van der Waals surface area (Å²) in [6.45, 7) is 7.62. The van der Waals surface area contributed by atoms with E-state index in [0.717, 1.165) is 63.0 Å². The molecule has 7 heteroatoms. The first-order chi connectivity index (χ1) is 11.7. The maximum Gasteiger partial charge on any atom is 0.147 e. The number of aromatic nitrogens is 3. The van der Waals surface area contributed by atoms with Gasteiger partial charge in [0, 0.05) is 50.5 Å². The van der Waals surface area contributed by atoms with Crippen molar-refractivity contribution in [2.75, 3.05) is 37.7 Å². The molecule has 24 heavy (non-hydrogen) atoms. The lowest BCUT2D eigenvalue weighted by Gasteiger charge is -2.48. The van der Waals surface area contributed by atoms with E-state index in [1.165, 1.54) is 5.69 Å². The summed E-state index contributed by atoms with van der Waals surface area (Å²) in [6.07, 6.45) is 7.56. The summed E-state index contributed by atoms with van der Waals surface area (Å²) in [4.78, 5) is 18.1. The van der Waals surface area contributed by atoms with Crippen molar-refractivity contribution in [3.8, 4) is 0 Å². The van der Waals surface area contributed by atoms with Crippen molar-refractivity contribution in [1.82, 2.24) is 19.9 Å². The lowest BCUT2D eigenvalue weighted by Crippen LogP contribution is -2.59. The Morgan fingerprint density at radius 3 is 3.04 bits per heavy atom. The minimum atomic E-state index is -0.0981. The van der Waals surface area contributed by atoms with Gasteiger partial charge in [-0.25, -0.2) is 9.97 Å². The number of thiazole rings is 1. The molecule has 2 fully saturated rings. The number of nitrogens with zero attached hydrogens (tertiary/aromatic N) is 5. The van der Waals surface area contributed by atoms with Crippen LogP contribution in [0.5, 0.6) is 0 Å². The smallest absolute Gasteiger partial charge is 0.147 e. The number of ether oxygens (including phenoxy) is 1. The summed E-state index contributed by atoms with van der Waals surface area (Å²) in [7, 11) is 0. The van der Waals surface area contributed by atoms with E-state index in [0.29, 0.717) is 0 Å². The Morgan fingerprint density at radius 1 is 1.29 bits per heavy atom. The minimum absolute atomic E-state index is 0.0981. The molecule has 1 spiro atoms. The highest BCUT2D eigenvalue weighted by Gasteiger charge is 2.41. The van der Waals surface area contributed by atoms with Crippen LogP contribution in [0.2, 0.25) is 0 Å². The molecular weight excluding hydrogens is 322 g/mol. The molecule has 2 aromatic rings. The SMILES string of the molecule is Cc1nc(CN2CCO[C@@]3(CCCN(c4cnccn4)C3)C2)cs1. The number of piperidine rings is 1. The molecule has 4 heterocycles. The Kier molecular flexibility index (Phi) is 4.47. The van der Waals surface area contributed by atoms with E-state index in [1.54, 1.807) is 23.7 Å². The third-order valence-electron chi connectivity index (χ3n) is 4.79. The predicted octanol–water partition coefficient (Wildman–Crippen LogP) is 2.11.